The topological polar surface area (TPSA) is 131 Å². The number of piperazine rings is 1. The maximum atomic E-state index is 13.3. The summed E-state index contributed by atoms with van der Waals surface area (Å²) in [5, 5.41) is 9.39. The third-order valence-electron chi connectivity index (χ3n) is 8.11. The molecule has 3 saturated heterocycles. The number of carbonyl (C=O) groups is 2. The Morgan fingerprint density at radius 2 is 2.03 bits per heavy atom. The zero-order valence-electron chi connectivity index (χ0n) is 20.2. The lowest BCUT2D eigenvalue weighted by molar-refractivity contribution is -0.141. The van der Waals surface area contributed by atoms with Gasteiger partial charge >= 0.3 is 0 Å². The summed E-state index contributed by atoms with van der Waals surface area (Å²) in [5.74, 6) is 0.218. The van der Waals surface area contributed by atoms with Gasteiger partial charge in [0.15, 0.2) is 0 Å². The number of benzene rings is 1. The van der Waals surface area contributed by atoms with Crippen molar-refractivity contribution in [1.82, 2.24) is 19.0 Å². The maximum absolute atomic E-state index is 13.3. The summed E-state index contributed by atoms with van der Waals surface area (Å²) in [7, 11) is -0.590. The van der Waals surface area contributed by atoms with Crippen molar-refractivity contribution >= 4 is 21.8 Å². The van der Waals surface area contributed by atoms with Crippen LogP contribution in [-0.4, -0.2) is 96.6 Å². The fourth-order valence-corrected chi connectivity index (χ4v) is 7.07. The van der Waals surface area contributed by atoms with E-state index >= 15 is 0 Å². The second-order valence-corrected chi connectivity index (χ2v) is 12.6. The van der Waals surface area contributed by atoms with Crippen molar-refractivity contribution < 1.29 is 18.0 Å². The number of nitrogens with two attached hydrogens (primary N) is 1. The van der Waals surface area contributed by atoms with Gasteiger partial charge in [0.2, 0.25) is 21.8 Å². The Morgan fingerprint density at radius 3 is 2.69 bits per heavy atom. The average molecular weight is 501 g/mol. The van der Waals surface area contributed by atoms with Crippen molar-refractivity contribution in [2.24, 2.45) is 11.7 Å². The van der Waals surface area contributed by atoms with Gasteiger partial charge in [0.05, 0.1) is 29.1 Å². The summed E-state index contributed by atoms with van der Waals surface area (Å²) in [5.41, 5.74) is 7.06. The monoisotopic (exact) mass is 500 g/mol. The average Bonchev–Trinajstić information content (AvgIpc) is 3.15. The quantitative estimate of drug-likeness (QED) is 0.563. The molecule has 188 valence electrons. The number of nitrogens with zero attached hydrogens (tertiary/aromatic N) is 5. The molecule has 0 spiro atoms. The van der Waals surface area contributed by atoms with Crippen LogP contribution in [0.1, 0.15) is 37.8 Å². The molecule has 1 aliphatic carbocycles. The van der Waals surface area contributed by atoms with Crippen LogP contribution in [-0.2, 0) is 19.6 Å². The van der Waals surface area contributed by atoms with E-state index in [1.54, 1.807) is 23.1 Å². The molecule has 1 aromatic rings. The largest absolute Gasteiger partial charge is 0.330 e. The predicted molar refractivity (Wildman–Crippen MR) is 127 cm³/mol. The van der Waals surface area contributed by atoms with Crippen LogP contribution in [0.15, 0.2) is 29.2 Å². The number of rotatable bonds is 7. The van der Waals surface area contributed by atoms with Crippen molar-refractivity contribution in [3.05, 3.63) is 29.8 Å². The number of hydrogen-bond acceptors (Lipinski definition) is 7. The molecule has 1 saturated carbocycles. The normalized spacial score (nSPS) is 31.5. The molecule has 2 amide bonds. The summed E-state index contributed by atoms with van der Waals surface area (Å²) in [6.45, 7) is 2.82. The minimum absolute atomic E-state index is 0.0207. The van der Waals surface area contributed by atoms with Gasteiger partial charge in [0, 0.05) is 39.3 Å². The van der Waals surface area contributed by atoms with Gasteiger partial charge in [-0.05, 0) is 49.8 Å². The molecule has 1 unspecified atom stereocenters. The lowest BCUT2D eigenvalue weighted by Gasteiger charge is -2.38. The van der Waals surface area contributed by atoms with Gasteiger partial charge in [0.25, 0.3) is 0 Å². The molecule has 0 radical (unpaired) electrons. The molecule has 4 fully saturated rings. The van der Waals surface area contributed by atoms with Crippen molar-refractivity contribution in [3.63, 3.8) is 0 Å². The SMILES string of the molecule is C[C@@H](c1cccc(S(=O)(=O)N(C)C)c1)N1C(=O)[C@H]2CC1CN2C[C@H](N)C(=O)N1[C@H](C#N)C[C@@H]2C[C@@H]21. The Kier molecular flexibility index (Phi) is 5.91. The number of likely N-dealkylation sites (tertiary alicyclic amines) is 3. The molecule has 1 aromatic carbocycles. The molecule has 2 N–H and O–H groups in total. The second-order valence-electron chi connectivity index (χ2n) is 10.4. The number of fused-ring (bicyclic) bond motifs is 3. The van der Waals surface area contributed by atoms with E-state index in [0.29, 0.717) is 18.9 Å². The summed E-state index contributed by atoms with van der Waals surface area (Å²) >= 11 is 0. The van der Waals surface area contributed by atoms with E-state index in [-0.39, 0.29) is 47.4 Å². The Labute approximate surface area is 206 Å². The molecule has 7 atom stereocenters. The van der Waals surface area contributed by atoms with Crippen LogP contribution in [0, 0.1) is 17.2 Å². The zero-order chi connectivity index (χ0) is 25.2. The minimum atomic E-state index is -3.57. The third kappa shape index (κ3) is 3.93. The lowest BCUT2D eigenvalue weighted by Crippen LogP contribution is -2.57. The maximum Gasteiger partial charge on any atom is 0.242 e. The van der Waals surface area contributed by atoms with Crippen LogP contribution in [0.5, 0.6) is 0 Å². The first-order chi connectivity index (χ1) is 16.5. The Balaban J connectivity index is 1.25. The number of sulfonamides is 1. The smallest absolute Gasteiger partial charge is 0.242 e. The van der Waals surface area contributed by atoms with E-state index in [1.807, 2.05) is 22.8 Å². The Bertz CT molecular complexity index is 1200. The number of carbonyl (C=O) groups excluding carboxylic acids is 2. The highest BCUT2D eigenvalue weighted by atomic mass is 32.2. The van der Waals surface area contributed by atoms with Crippen LogP contribution >= 0.6 is 0 Å². The van der Waals surface area contributed by atoms with Gasteiger partial charge in [-0.15, -0.1) is 0 Å². The van der Waals surface area contributed by atoms with E-state index < -0.39 is 22.1 Å². The number of hydrogen-bond donors (Lipinski definition) is 1. The molecular weight excluding hydrogens is 468 g/mol. The molecule has 0 aromatic heterocycles. The van der Waals surface area contributed by atoms with Gasteiger partial charge < -0.3 is 15.5 Å². The van der Waals surface area contributed by atoms with E-state index in [9.17, 15) is 23.3 Å². The summed E-state index contributed by atoms with van der Waals surface area (Å²) in [6, 6.07) is 7.33. The molecule has 4 aliphatic rings. The first-order valence-corrected chi connectivity index (χ1v) is 13.5. The number of piperidine rings is 1. The summed E-state index contributed by atoms with van der Waals surface area (Å²) in [6.07, 6.45) is 2.35. The predicted octanol–water partition coefficient (Wildman–Crippen LogP) is 0.123. The zero-order valence-corrected chi connectivity index (χ0v) is 21.1. The summed E-state index contributed by atoms with van der Waals surface area (Å²) < 4.78 is 26.3. The molecule has 5 rings (SSSR count). The molecule has 2 bridgehead atoms. The van der Waals surface area contributed by atoms with Crippen molar-refractivity contribution in [2.75, 3.05) is 27.2 Å². The highest BCUT2D eigenvalue weighted by Crippen LogP contribution is 2.48. The van der Waals surface area contributed by atoms with Gasteiger partial charge in [-0.1, -0.05) is 12.1 Å². The molecule has 11 heteroatoms. The molecular formula is C24H32N6O4S. The van der Waals surface area contributed by atoms with E-state index in [0.717, 1.165) is 18.4 Å². The number of nitriles is 1. The molecule has 3 aliphatic heterocycles. The second kappa shape index (κ2) is 8.55. The third-order valence-corrected chi connectivity index (χ3v) is 9.92. The highest BCUT2D eigenvalue weighted by Gasteiger charge is 2.56. The first-order valence-electron chi connectivity index (χ1n) is 12.1. The van der Waals surface area contributed by atoms with Gasteiger partial charge in [-0.2, -0.15) is 5.26 Å². The van der Waals surface area contributed by atoms with E-state index in [2.05, 4.69) is 6.07 Å². The number of amides is 2. The van der Waals surface area contributed by atoms with Crippen LogP contribution in [0.3, 0.4) is 0 Å². The van der Waals surface area contributed by atoms with Gasteiger partial charge in [-0.3, -0.25) is 14.5 Å². The van der Waals surface area contributed by atoms with E-state index in [4.69, 9.17) is 5.73 Å². The van der Waals surface area contributed by atoms with Gasteiger partial charge in [-0.25, -0.2) is 12.7 Å². The van der Waals surface area contributed by atoms with Crippen molar-refractivity contribution in [2.45, 2.75) is 67.3 Å². The lowest BCUT2D eigenvalue weighted by atomic mass is 10.1. The minimum Gasteiger partial charge on any atom is -0.330 e. The van der Waals surface area contributed by atoms with Crippen LogP contribution in [0.4, 0.5) is 0 Å². The van der Waals surface area contributed by atoms with Crippen LogP contribution in [0.2, 0.25) is 0 Å². The fourth-order valence-electron chi connectivity index (χ4n) is 6.12. The van der Waals surface area contributed by atoms with Crippen LogP contribution < -0.4 is 5.73 Å². The Hall–Kier alpha value is -2.52. The summed E-state index contributed by atoms with van der Waals surface area (Å²) in [4.78, 5) is 32.1. The molecule has 10 nitrogen and oxygen atoms in total. The molecule has 35 heavy (non-hydrogen) atoms. The molecule has 3 heterocycles. The van der Waals surface area contributed by atoms with Crippen LogP contribution in [0.25, 0.3) is 0 Å². The van der Waals surface area contributed by atoms with Crippen molar-refractivity contribution in [3.8, 4) is 6.07 Å². The first kappa shape index (κ1) is 24.2. The van der Waals surface area contributed by atoms with E-state index in [1.165, 1.54) is 18.4 Å². The highest BCUT2D eigenvalue weighted by molar-refractivity contribution is 7.89. The Morgan fingerprint density at radius 1 is 1.29 bits per heavy atom. The van der Waals surface area contributed by atoms with Gasteiger partial charge in [0.1, 0.15) is 6.04 Å². The standard InChI is InChI=1S/C24H32N6O4S/c1-14(15-5-4-6-19(8-15)35(33,34)27(2)3)29-18-10-22(24(29)32)28(12-18)13-20(26)23(31)30-17(11-25)7-16-9-21(16)30/h4-6,8,14,16-18,20-22H,7,9-10,12-13,26H2,1-3H3/t14-,16+,17-,18?,20-,21-,22+/m0/s1. The fraction of sp³-hybridized carbons (Fsp3) is 0.625. The van der Waals surface area contributed by atoms with Crippen molar-refractivity contribution in [1.29, 1.82) is 5.26 Å².